The minimum absolute atomic E-state index is 0.0847. The second-order valence-electron chi connectivity index (χ2n) is 4.24. The van der Waals surface area contributed by atoms with Crippen molar-refractivity contribution < 1.29 is 13.3 Å². The standard InChI is InChI=1S/C13H10N4O4S/c14-8-9-4-6-10(7-5-9)22(20,21)16-11-2-1-3-12(13(11)15)17(18)19/h1-7,16H,15H2. The van der Waals surface area contributed by atoms with Gasteiger partial charge in [0.15, 0.2) is 0 Å². The van der Waals surface area contributed by atoms with Gasteiger partial charge in [-0.15, -0.1) is 0 Å². The smallest absolute Gasteiger partial charge is 0.294 e. The van der Waals surface area contributed by atoms with E-state index in [1.807, 2.05) is 6.07 Å². The molecule has 2 aromatic carbocycles. The molecule has 0 unspecified atom stereocenters. The van der Waals surface area contributed by atoms with Crippen LogP contribution in [0, 0.1) is 21.4 Å². The summed E-state index contributed by atoms with van der Waals surface area (Å²) in [5.41, 5.74) is 5.17. The molecule has 0 saturated carbocycles. The molecule has 0 bridgehead atoms. The average Bonchev–Trinajstić information content (AvgIpc) is 2.49. The molecule has 22 heavy (non-hydrogen) atoms. The molecule has 2 aromatic rings. The number of rotatable bonds is 4. The lowest BCUT2D eigenvalue weighted by molar-refractivity contribution is -0.383. The van der Waals surface area contributed by atoms with E-state index in [1.54, 1.807) is 0 Å². The average molecular weight is 318 g/mol. The maximum absolute atomic E-state index is 12.2. The number of nitrogens with two attached hydrogens (primary N) is 1. The number of hydrogen-bond acceptors (Lipinski definition) is 6. The lowest BCUT2D eigenvalue weighted by atomic mass is 10.2. The molecule has 0 atom stereocenters. The summed E-state index contributed by atoms with van der Waals surface area (Å²) in [7, 11) is -3.97. The van der Waals surface area contributed by atoms with E-state index >= 15 is 0 Å². The second-order valence-corrected chi connectivity index (χ2v) is 5.92. The van der Waals surface area contributed by atoms with Gasteiger partial charge in [-0.05, 0) is 30.3 Å². The van der Waals surface area contributed by atoms with Crippen molar-refractivity contribution in [3.05, 3.63) is 58.1 Å². The van der Waals surface area contributed by atoms with E-state index in [1.165, 1.54) is 42.5 Å². The molecule has 112 valence electrons. The van der Waals surface area contributed by atoms with E-state index < -0.39 is 14.9 Å². The Kier molecular flexibility index (Phi) is 3.96. The molecule has 0 aromatic heterocycles. The highest BCUT2D eigenvalue weighted by Gasteiger charge is 2.20. The number of sulfonamides is 1. The molecular weight excluding hydrogens is 308 g/mol. The van der Waals surface area contributed by atoms with Crippen LogP contribution in [0.4, 0.5) is 17.1 Å². The van der Waals surface area contributed by atoms with Crippen molar-refractivity contribution >= 4 is 27.1 Å². The number of benzene rings is 2. The van der Waals surface area contributed by atoms with Crippen LogP contribution in [0.2, 0.25) is 0 Å². The normalized spacial score (nSPS) is 10.7. The zero-order chi connectivity index (χ0) is 16.3. The molecule has 9 heteroatoms. The zero-order valence-electron chi connectivity index (χ0n) is 11.1. The van der Waals surface area contributed by atoms with Gasteiger partial charge in [-0.2, -0.15) is 5.26 Å². The minimum Gasteiger partial charge on any atom is -0.391 e. The maximum Gasteiger partial charge on any atom is 0.294 e. The van der Waals surface area contributed by atoms with Gasteiger partial charge in [0.1, 0.15) is 5.69 Å². The number of nitriles is 1. The lowest BCUT2D eigenvalue weighted by Crippen LogP contribution is -2.14. The highest BCUT2D eigenvalue weighted by molar-refractivity contribution is 7.92. The van der Waals surface area contributed by atoms with Crippen molar-refractivity contribution in [2.45, 2.75) is 4.90 Å². The first-order valence-corrected chi connectivity index (χ1v) is 7.39. The Morgan fingerprint density at radius 2 is 1.82 bits per heavy atom. The number of nitrogens with one attached hydrogen (secondary N) is 1. The van der Waals surface area contributed by atoms with Gasteiger partial charge >= 0.3 is 0 Å². The molecule has 0 radical (unpaired) electrons. The Morgan fingerprint density at radius 1 is 1.18 bits per heavy atom. The fraction of sp³-hybridized carbons (Fsp3) is 0. The topological polar surface area (TPSA) is 139 Å². The van der Waals surface area contributed by atoms with Gasteiger partial charge in [0.2, 0.25) is 0 Å². The Labute approximate surface area is 126 Å². The van der Waals surface area contributed by atoms with Crippen molar-refractivity contribution in [3.63, 3.8) is 0 Å². The van der Waals surface area contributed by atoms with Crippen LogP contribution >= 0.6 is 0 Å². The van der Waals surface area contributed by atoms with Crippen molar-refractivity contribution in [3.8, 4) is 6.07 Å². The molecular formula is C13H10N4O4S. The summed E-state index contributed by atoms with van der Waals surface area (Å²) in [6, 6.07) is 10.9. The maximum atomic E-state index is 12.2. The van der Waals surface area contributed by atoms with Crippen LogP contribution in [0.5, 0.6) is 0 Å². The van der Waals surface area contributed by atoms with E-state index in [0.29, 0.717) is 5.56 Å². The molecule has 0 amide bonds. The molecule has 0 saturated heterocycles. The van der Waals surface area contributed by atoms with Gasteiger partial charge in [-0.25, -0.2) is 8.42 Å². The summed E-state index contributed by atoms with van der Waals surface area (Å²) in [6.07, 6.45) is 0. The van der Waals surface area contributed by atoms with Crippen LogP contribution in [-0.2, 0) is 10.0 Å². The first-order valence-electron chi connectivity index (χ1n) is 5.91. The van der Waals surface area contributed by atoms with Crippen molar-refractivity contribution in [2.24, 2.45) is 0 Å². The Hall–Kier alpha value is -3.12. The SMILES string of the molecule is N#Cc1ccc(S(=O)(=O)Nc2cccc([N+](=O)[O-])c2N)cc1. The van der Waals surface area contributed by atoms with Crippen LogP contribution in [0.25, 0.3) is 0 Å². The van der Waals surface area contributed by atoms with Gasteiger partial charge < -0.3 is 5.73 Å². The molecule has 2 rings (SSSR count). The molecule has 8 nitrogen and oxygen atoms in total. The summed E-state index contributed by atoms with van der Waals surface area (Å²) in [5, 5.41) is 19.5. The molecule has 0 heterocycles. The predicted octanol–water partition coefficient (Wildman–Crippen LogP) is 1.85. The number of para-hydroxylation sites is 1. The Balaban J connectivity index is 2.39. The highest BCUT2D eigenvalue weighted by atomic mass is 32.2. The van der Waals surface area contributed by atoms with Crippen LogP contribution in [-0.4, -0.2) is 13.3 Å². The van der Waals surface area contributed by atoms with Gasteiger partial charge in [0.05, 0.1) is 27.1 Å². The van der Waals surface area contributed by atoms with E-state index in [4.69, 9.17) is 11.0 Å². The van der Waals surface area contributed by atoms with E-state index in [9.17, 15) is 18.5 Å². The van der Waals surface area contributed by atoms with Gasteiger partial charge in [0, 0.05) is 6.07 Å². The summed E-state index contributed by atoms with van der Waals surface area (Å²) in [5.74, 6) is 0. The van der Waals surface area contributed by atoms with E-state index in [0.717, 1.165) is 0 Å². The number of nitrogens with zero attached hydrogens (tertiary/aromatic N) is 2. The molecule has 0 aliphatic rings. The number of nitro groups is 1. The molecule has 0 aliphatic carbocycles. The lowest BCUT2D eigenvalue weighted by Gasteiger charge is -2.10. The highest BCUT2D eigenvalue weighted by Crippen LogP contribution is 2.30. The van der Waals surface area contributed by atoms with Gasteiger partial charge in [0.25, 0.3) is 15.7 Å². The van der Waals surface area contributed by atoms with E-state index in [-0.39, 0.29) is 22.0 Å². The first kappa shape index (κ1) is 15.3. The van der Waals surface area contributed by atoms with Crippen LogP contribution in [0.15, 0.2) is 47.4 Å². The summed E-state index contributed by atoms with van der Waals surface area (Å²) in [4.78, 5) is 10.0. The monoisotopic (exact) mass is 318 g/mol. The first-order chi connectivity index (χ1) is 10.3. The number of nitro benzene ring substituents is 1. The number of hydrogen-bond donors (Lipinski definition) is 2. The Morgan fingerprint density at radius 3 is 2.36 bits per heavy atom. The second kappa shape index (κ2) is 5.71. The summed E-state index contributed by atoms with van der Waals surface area (Å²) in [6.45, 7) is 0. The van der Waals surface area contributed by atoms with Crippen LogP contribution < -0.4 is 10.5 Å². The zero-order valence-corrected chi connectivity index (χ0v) is 11.9. The number of nitrogen functional groups attached to an aromatic ring is 1. The van der Waals surface area contributed by atoms with Crippen LogP contribution in [0.3, 0.4) is 0 Å². The summed E-state index contributed by atoms with van der Waals surface area (Å²) < 4.78 is 26.6. The van der Waals surface area contributed by atoms with Gasteiger partial charge in [-0.1, -0.05) is 6.07 Å². The van der Waals surface area contributed by atoms with Crippen molar-refractivity contribution in [2.75, 3.05) is 10.5 Å². The van der Waals surface area contributed by atoms with E-state index in [2.05, 4.69) is 4.72 Å². The Bertz CT molecular complexity index is 870. The minimum atomic E-state index is -3.97. The predicted molar refractivity (Wildman–Crippen MR) is 79.5 cm³/mol. The van der Waals surface area contributed by atoms with Crippen molar-refractivity contribution in [1.82, 2.24) is 0 Å². The number of anilines is 2. The third-order valence-corrected chi connectivity index (χ3v) is 4.20. The molecule has 0 fully saturated rings. The molecule has 3 N–H and O–H groups in total. The third kappa shape index (κ3) is 2.97. The summed E-state index contributed by atoms with van der Waals surface area (Å²) >= 11 is 0. The fourth-order valence-corrected chi connectivity index (χ4v) is 2.79. The molecule has 0 spiro atoms. The van der Waals surface area contributed by atoms with Crippen LogP contribution in [0.1, 0.15) is 5.56 Å². The van der Waals surface area contributed by atoms with Crippen molar-refractivity contribution in [1.29, 1.82) is 5.26 Å². The molecule has 0 aliphatic heterocycles. The third-order valence-electron chi connectivity index (χ3n) is 2.82. The largest absolute Gasteiger partial charge is 0.391 e. The van der Waals surface area contributed by atoms with Gasteiger partial charge in [-0.3, -0.25) is 14.8 Å². The quantitative estimate of drug-likeness (QED) is 0.501. The fourth-order valence-electron chi connectivity index (χ4n) is 1.71.